The fourth-order valence-corrected chi connectivity index (χ4v) is 3.98. The van der Waals surface area contributed by atoms with Crippen molar-refractivity contribution >= 4 is 12.4 Å². The fourth-order valence-electron chi connectivity index (χ4n) is 3.98. The van der Waals surface area contributed by atoms with Gasteiger partial charge in [0.25, 0.3) is 0 Å². The Hall–Kier alpha value is -1.28. The molecule has 6 heteroatoms. The van der Waals surface area contributed by atoms with E-state index in [4.69, 9.17) is 11.1 Å². The molecule has 0 saturated heterocycles. The van der Waals surface area contributed by atoms with Gasteiger partial charge in [-0.1, -0.05) is 24.3 Å². The van der Waals surface area contributed by atoms with Crippen molar-refractivity contribution in [1.29, 1.82) is 0 Å². The molecule has 2 heterocycles. The van der Waals surface area contributed by atoms with Crippen LogP contribution in [0, 0.1) is 0 Å². The summed E-state index contributed by atoms with van der Waals surface area (Å²) < 4.78 is 0. The van der Waals surface area contributed by atoms with E-state index in [0.717, 1.165) is 30.3 Å². The molecular weight excluding hydrogens is 361 g/mol. The molecule has 1 aromatic heterocycles. The van der Waals surface area contributed by atoms with E-state index in [0.29, 0.717) is 6.54 Å². The Morgan fingerprint density at radius 3 is 2.93 bits per heavy atom. The second kappa shape index (κ2) is 8.81. The van der Waals surface area contributed by atoms with Crippen LogP contribution in [0.25, 0.3) is 11.5 Å². The molecule has 132 valence electrons. The minimum atomic E-state index is -0.117. The van der Waals surface area contributed by atoms with Crippen molar-refractivity contribution in [3.05, 3.63) is 88.2 Å². The van der Waals surface area contributed by atoms with Crippen LogP contribution in [-0.4, -0.2) is 24.0 Å². The van der Waals surface area contributed by atoms with Gasteiger partial charge in [0.05, 0.1) is 6.17 Å². The number of nitrogens with two attached hydrogens (primary N) is 1. The molecule has 27 heavy (non-hydrogen) atoms. The maximum atomic E-state index is 9.00. The van der Waals surface area contributed by atoms with Gasteiger partial charge in [-0.2, -0.15) is 0 Å². The summed E-state index contributed by atoms with van der Waals surface area (Å²) in [6, 6.07) is 10.7. The van der Waals surface area contributed by atoms with Crippen molar-refractivity contribution in [3.63, 3.8) is 0 Å². The predicted molar refractivity (Wildman–Crippen MR) is 105 cm³/mol. The van der Waals surface area contributed by atoms with Gasteiger partial charge in [-0.15, -0.1) is 6.34 Å². The van der Waals surface area contributed by atoms with Crippen LogP contribution in [0.1, 0.15) is 22.3 Å². The van der Waals surface area contributed by atoms with E-state index in [1.165, 1.54) is 16.7 Å². The van der Waals surface area contributed by atoms with Crippen LogP contribution in [0.15, 0.2) is 60.6 Å². The summed E-state index contributed by atoms with van der Waals surface area (Å²) >= 11 is 0. The first kappa shape index (κ1) is 20.5. The summed E-state index contributed by atoms with van der Waals surface area (Å²) in [5, 5.41) is 15.0. The van der Waals surface area contributed by atoms with Gasteiger partial charge in [-0.05, 0) is 65.1 Å². The van der Waals surface area contributed by atoms with Crippen molar-refractivity contribution in [1.82, 2.24) is 15.6 Å². The van der Waals surface area contributed by atoms with Crippen LogP contribution >= 0.6 is 0 Å². The molecule has 0 amide bonds. The monoisotopic (exact) mass is 383 g/mol. The molecule has 0 radical (unpaired) electrons. The Bertz CT molecular complexity index is 865. The zero-order chi connectivity index (χ0) is 18.0. The molecule has 1 aromatic carbocycles. The fraction of sp³-hybridized carbons (Fsp3) is 0.238. The van der Waals surface area contributed by atoms with Gasteiger partial charge in [-0.25, -0.2) is 0 Å². The summed E-state index contributed by atoms with van der Waals surface area (Å²) in [6.45, 7) is 0.604. The minimum Gasteiger partial charge on any atom is -0.472 e. The second-order valence-electron chi connectivity index (χ2n) is 6.98. The molecular formula is C21H22KN5. The summed E-state index contributed by atoms with van der Waals surface area (Å²) in [6.07, 6.45) is 12.5. The van der Waals surface area contributed by atoms with Crippen molar-refractivity contribution in [2.75, 3.05) is 6.54 Å². The number of hydrogen-bond acceptors (Lipinski definition) is 3. The van der Waals surface area contributed by atoms with Gasteiger partial charge in [0.1, 0.15) is 0 Å². The van der Waals surface area contributed by atoms with Crippen LogP contribution in [-0.2, 0) is 18.3 Å². The first-order valence-corrected chi connectivity index (χ1v) is 8.83. The van der Waals surface area contributed by atoms with E-state index >= 15 is 0 Å². The number of hydrogen-bond donors (Lipinski definition) is 3. The molecule has 2 atom stereocenters. The molecule has 4 rings (SSSR count). The van der Waals surface area contributed by atoms with Gasteiger partial charge in [0.2, 0.25) is 0 Å². The van der Waals surface area contributed by atoms with E-state index in [9.17, 15) is 0 Å². The second-order valence-corrected chi connectivity index (χ2v) is 6.98. The maximum Gasteiger partial charge on any atom is 1.00 e. The molecule has 1 aliphatic carbocycles. The molecule has 2 aromatic rings. The summed E-state index contributed by atoms with van der Waals surface area (Å²) in [7, 11) is 0. The quantitative estimate of drug-likeness (QED) is 0.355. The van der Waals surface area contributed by atoms with E-state index in [1.807, 2.05) is 24.7 Å². The normalized spacial score (nSPS) is 24.2. The Morgan fingerprint density at radius 2 is 2.15 bits per heavy atom. The van der Waals surface area contributed by atoms with Crippen LogP contribution in [0.3, 0.4) is 0 Å². The number of nitrogens with zero attached hydrogens (tertiary/aromatic N) is 2. The van der Waals surface area contributed by atoms with Crippen LogP contribution < -0.4 is 67.8 Å². The van der Waals surface area contributed by atoms with E-state index in [-0.39, 0.29) is 63.0 Å². The van der Waals surface area contributed by atoms with E-state index in [2.05, 4.69) is 52.0 Å². The predicted octanol–water partition coefficient (Wildman–Crippen LogP) is -0.905. The van der Waals surface area contributed by atoms with E-state index in [1.54, 1.807) is 0 Å². The number of rotatable bonds is 5. The van der Waals surface area contributed by atoms with Crippen LogP contribution in [0.2, 0.25) is 0 Å². The smallest absolute Gasteiger partial charge is 0.472 e. The zero-order valence-electron chi connectivity index (χ0n) is 15.5. The molecule has 4 N–H and O–H groups in total. The molecule has 0 saturated carbocycles. The Morgan fingerprint density at radius 1 is 1.30 bits per heavy atom. The Labute approximate surface area is 202 Å². The van der Waals surface area contributed by atoms with Crippen molar-refractivity contribution in [2.45, 2.75) is 24.4 Å². The maximum absolute atomic E-state index is 9.00. The van der Waals surface area contributed by atoms with Crippen molar-refractivity contribution in [3.8, 4) is 0 Å². The summed E-state index contributed by atoms with van der Waals surface area (Å²) in [5.74, 6) is 0. The van der Waals surface area contributed by atoms with Gasteiger partial charge in [0, 0.05) is 24.4 Å². The van der Waals surface area contributed by atoms with Crippen molar-refractivity contribution in [2.24, 2.45) is 5.73 Å². The largest absolute Gasteiger partial charge is 1.00 e. The third-order valence-corrected chi connectivity index (χ3v) is 5.40. The minimum absolute atomic E-state index is 0. The average molecular weight is 384 g/mol. The van der Waals surface area contributed by atoms with Gasteiger partial charge in [-0.3, -0.25) is 4.98 Å². The number of pyridine rings is 1. The molecule has 5 nitrogen and oxygen atoms in total. The van der Waals surface area contributed by atoms with E-state index < -0.39 is 0 Å². The Kier molecular flexibility index (Phi) is 6.68. The Balaban J connectivity index is 0.00000210. The zero-order valence-corrected chi connectivity index (χ0v) is 18.6. The van der Waals surface area contributed by atoms with Crippen molar-refractivity contribution < 1.29 is 51.4 Å². The van der Waals surface area contributed by atoms with Gasteiger partial charge >= 0.3 is 51.4 Å². The summed E-state index contributed by atoms with van der Waals surface area (Å²) in [5.41, 5.74) is 12.3. The number of fused-ring (bicyclic) bond motifs is 1. The number of nitrogens with one attached hydrogen (secondary N) is 2. The molecule has 2 unspecified atom stereocenters. The number of aromatic nitrogens is 1. The molecule has 0 fully saturated rings. The molecule has 0 bridgehead atoms. The molecule has 0 spiro atoms. The first-order chi connectivity index (χ1) is 12.7. The first-order valence-electron chi connectivity index (χ1n) is 8.83. The van der Waals surface area contributed by atoms with Crippen LogP contribution in [0.4, 0.5) is 0 Å². The molecule has 1 aliphatic heterocycles. The standard InChI is InChI=1S/C21H22N5.K/c22-13-21(10-17-4-6-24-12-18(17)11-21)19-3-1-2-15(9-19)8-16-5-7-25-20(16)26-14-23;/h1-9,12,14,20,25H,10-11,13,22H2,(H-,23,26);/q-1;+1/b16-8+;. The number of benzene rings is 1. The third kappa shape index (κ3) is 4.11. The average Bonchev–Trinajstić information content (AvgIpc) is 3.27. The summed E-state index contributed by atoms with van der Waals surface area (Å²) in [4.78, 5) is 4.27. The topological polar surface area (TPSA) is 85.3 Å². The van der Waals surface area contributed by atoms with Gasteiger partial charge in [0.15, 0.2) is 0 Å². The SMILES string of the molecule is [K+].[N-]=CNC1NC=C/C1=C\c1cccc(C2(CN)Cc3ccncc3C2)c1. The van der Waals surface area contributed by atoms with Crippen LogP contribution in [0.5, 0.6) is 0 Å². The third-order valence-electron chi connectivity index (χ3n) is 5.40. The van der Waals surface area contributed by atoms with Gasteiger partial charge < -0.3 is 21.8 Å². The molecule has 2 aliphatic rings.